The van der Waals surface area contributed by atoms with E-state index in [4.69, 9.17) is 11.1 Å². The van der Waals surface area contributed by atoms with E-state index < -0.39 is 9.84 Å². The number of nitrogens with two attached hydrogens (primary N) is 1. The van der Waals surface area contributed by atoms with Crippen molar-refractivity contribution >= 4 is 21.7 Å². The normalized spacial score (nSPS) is 18.1. The van der Waals surface area contributed by atoms with E-state index >= 15 is 0 Å². The Balaban J connectivity index is 1.90. The lowest BCUT2D eigenvalue weighted by atomic mass is 9.96. The Bertz CT molecular complexity index is 603. The van der Waals surface area contributed by atoms with Crippen molar-refractivity contribution in [2.24, 2.45) is 11.7 Å². The summed E-state index contributed by atoms with van der Waals surface area (Å²) in [7, 11) is -3.26. The van der Waals surface area contributed by atoms with E-state index in [9.17, 15) is 8.42 Å². The van der Waals surface area contributed by atoms with Gasteiger partial charge in [0.1, 0.15) is 5.88 Å². The van der Waals surface area contributed by atoms with Crippen LogP contribution in [-0.4, -0.2) is 38.1 Å². The van der Waals surface area contributed by atoms with Crippen molar-refractivity contribution in [3.05, 3.63) is 41.3 Å². The van der Waals surface area contributed by atoms with Crippen molar-refractivity contribution in [2.45, 2.75) is 12.8 Å². The average molecular weight is 307 g/mol. The molecule has 1 saturated heterocycles. The van der Waals surface area contributed by atoms with Gasteiger partial charge >= 0.3 is 0 Å². The maximum Gasteiger partial charge on any atom is 0.184 e. The second kappa shape index (κ2) is 6.87. The molecule has 114 valence electrons. The molecule has 0 amide bonds. The number of nitrogens with zero attached hydrogens (tertiary/aromatic N) is 1. The maximum absolute atomic E-state index is 12.1. The van der Waals surface area contributed by atoms with Crippen LogP contribution < -0.4 is 5.73 Å². The van der Waals surface area contributed by atoms with Crippen LogP contribution in [0.25, 0.3) is 6.08 Å². The minimum absolute atomic E-state index is 0.0287. The fourth-order valence-corrected chi connectivity index (χ4v) is 3.63. The van der Waals surface area contributed by atoms with Gasteiger partial charge in [-0.25, -0.2) is 8.42 Å². The van der Waals surface area contributed by atoms with E-state index in [0.717, 1.165) is 18.4 Å². The zero-order valence-electron chi connectivity index (χ0n) is 11.9. The quantitative estimate of drug-likeness (QED) is 0.640. The summed E-state index contributed by atoms with van der Waals surface area (Å²) < 4.78 is 24.2. The molecule has 3 N–H and O–H groups in total. The van der Waals surface area contributed by atoms with Gasteiger partial charge in [0.05, 0.1) is 5.84 Å². The summed E-state index contributed by atoms with van der Waals surface area (Å²) in [6.07, 6.45) is 3.14. The first-order chi connectivity index (χ1) is 9.96. The van der Waals surface area contributed by atoms with Crippen LogP contribution in [-0.2, 0) is 9.84 Å². The second-order valence-corrected chi connectivity index (χ2v) is 7.21. The fourth-order valence-electron chi connectivity index (χ4n) is 2.42. The number of piperidine rings is 1. The van der Waals surface area contributed by atoms with Gasteiger partial charge in [-0.05, 0) is 37.6 Å². The molecule has 1 aromatic rings. The third kappa shape index (κ3) is 4.99. The van der Waals surface area contributed by atoms with Crippen LogP contribution in [0.4, 0.5) is 0 Å². The molecule has 1 aliphatic rings. The highest BCUT2D eigenvalue weighted by atomic mass is 32.2. The van der Waals surface area contributed by atoms with E-state index in [1.165, 1.54) is 5.41 Å². The van der Waals surface area contributed by atoms with E-state index in [2.05, 4.69) is 0 Å². The summed E-state index contributed by atoms with van der Waals surface area (Å²) in [5, 5.41) is 8.70. The van der Waals surface area contributed by atoms with E-state index in [0.29, 0.717) is 13.1 Å². The van der Waals surface area contributed by atoms with Crippen molar-refractivity contribution in [3.8, 4) is 0 Å². The molecule has 0 aliphatic carbocycles. The number of benzene rings is 1. The highest BCUT2D eigenvalue weighted by molar-refractivity contribution is 7.94. The highest BCUT2D eigenvalue weighted by Gasteiger charge is 2.23. The van der Waals surface area contributed by atoms with E-state index in [-0.39, 0.29) is 17.6 Å². The van der Waals surface area contributed by atoms with E-state index in [1.54, 1.807) is 6.08 Å². The molecule has 1 aromatic carbocycles. The molecular formula is C15H21N3O2S. The van der Waals surface area contributed by atoms with Crippen LogP contribution >= 0.6 is 0 Å². The number of nitrogens with one attached hydrogen (secondary N) is 1. The molecule has 5 nitrogen and oxygen atoms in total. The molecule has 0 atom stereocenters. The lowest BCUT2D eigenvalue weighted by molar-refractivity contribution is 0.238. The number of sulfone groups is 1. The summed E-state index contributed by atoms with van der Waals surface area (Å²) in [5.41, 5.74) is 6.36. The lowest BCUT2D eigenvalue weighted by Gasteiger charge is -2.30. The average Bonchev–Trinajstić information content (AvgIpc) is 2.46. The Morgan fingerprint density at radius 2 is 1.90 bits per heavy atom. The minimum atomic E-state index is -3.26. The predicted molar refractivity (Wildman–Crippen MR) is 85.5 cm³/mol. The number of likely N-dealkylation sites (tertiary alicyclic amines) is 1. The fraction of sp³-hybridized carbons (Fsp3) is 0.400. The van der Waals surface area contributed by atoms with Crippen molar-refractivity contribution in [1.82, 2.24) is 4.90 Å². The Morgan fingerprint density at radius 3 is 2.48 bits per heavy atom. The number of hydrogen-bond acceptors (Lipinski definition) is 4. The largest absolute Gasteiger partial charge is 0.387 e. The summed E-state index contributed by atoms with van der Waals surface area (Å²) >= 11 is 0. The smallest absolute Gasteiger partial charge is 0.184 e. The van der Waals surface area contributed by atoms with Gasteiger partial charge in [0.2, 0.25) is 0 Å². The Labute approximate surface area is 125 Å². The molecule has 0 radical (unpaired) electrons. The van der Waals surface area contributed by atoms with Gasteiger partial charge in [0.15, 0.2) is 9.84 Å². The van der Waals surface area contributed by atoms with Gasteiger partial charge in [-0.2, -0.15) is 0 Å². The second-order valence-electron chi connectivity index (χ2n) is 5.35. The summed E-state index contributed by atoms with van der Waals surface area (Å²) in [6.45, 7) is 1.34. The van der Waals surface area contributed by atoms with Crippen LogP contribution in [0, 0.1) is 11.3 Å². The Hall–Kier alpha value is -1.66. The molecule has 6 heteroatoms. The number of rotatable bonds is 5. The van der Waals surface area contributed by atoms with Gasteiger partial charge in [0.25, 0.3) is 0 Å². The zero-order valence-corrected chi connectivity index (χ0v) is 12.7. The molecule has 1 aliphatic heterocycles. The van der Waals surface area contributed by atoms with Gasteiger partial charge in [-0.1, -0.05) is 30.3 Å². The first-order valence-electron chi connectivity index (χ1n) is 6.98. The van der Waals surface area contributed by atoms with Crippen molar-refractivity contribution in [3.63, 3.8) is 0 Å². The first-order valence-corrected chi connectivity index (χ1v) is 8.70. The SMILES string of the molecule is N=C(N)C1CCN(CS(=O)(=O)C=Cc2ccccc2)CC1. The van der Waals surface area contributed by atoms with Gasteiger partial charge in [-0.15, -0.1) is 0 Å². The minimum Gasteiger partial charge on any atom is -0.387 e. The lowest BCUT2D eigenvalue weighted by Crippen LogP contribution is -2.40. The van der Waals surface area contributed by atoms with Crippen LogP contribution in [0.3, 0.4) is 0 Å². The summed E-state index contributed by atoms with van der Waals surface area (Å²) in [5.74, 6) is 0.339. The third-order valence-electron chi connectivity index (χ3n) is 3.66. The molecule has 0 bridgehead atoms. The molecule has 0 unspecified atom stereocenters. The predicted octanol–water partition coefficient (Wildman–Crippen LogP) is 1.68. The van der Waals surface area contributed by atoms with Crippen molar-refractivity contribution in [1.29, 1.82) is 5.41 Å². The number of hydrogen-bond donors (Lipinski definition) is 2. The van der Waals surface area contributed by atoms with Crippen LogP contribution in [0.1, 0.15) is 18.4 Å². The molecular weight excluding hydrogens is 286 g/mol. The molecule has 1 fully saturated rings. The molecule has 0 aromatic heterocycles. The van der Waals surface area contributed by atoms with Crippen molar-refractivity contribution < 1.29 is 8.42 Å². The van der Waals surface area contributed by atoms with Crippen LogP contribution in [0.2, 0.25) is 0 Å². The zero-order chi connectivity index (χ0) is 15.3. The molecule has 1 heterocycles. The molecule has 2 rings (SSSR count). The van der Waals surface area contributed by atoms with Gasteiger partial charge in [-0.3, -0.25) is 10.3 Å². The summed E-state index contributed by atoms with van der Waals surface area (Å²) in [6, 6.07) is 9.37. The molecule has 0 saturated carbocycles. The van der Waals surface area contributed by atoms with Crippen molar-refractivity contribution in [2.75, 3.05) is 19.0 Å². The first kappa shape index (κ1) is 15.7. The molecule has 0 spiro atoms. The van der Waals surface area contributed by atoms with Crippen LogP contribution in [0.5, 0.6) is 0 Å². The topological polar surface area (TPSA) is 87.2 Å². The number of amidine groups is 1. The monoisotopic (exact) mass is 307 g/mol. The Morgan fingerprint density at radius 1 is 1.29 bits per heavy atom. The summed E-state index contributed by atoms with van der Waals surface area (Å²) in [4.78, 5) is 1.91. The standard InChI is InChI=1S/C15H21N3O2S/c16-15(17)14-6-9-18(10-7-14)12-21(19,20)11-8-13-4-2-1-3-5-13/h1-5,8,11,14H,6-7,9-10,12H2,(H3,16,17). The van der Waals surface area contributed by atoms with Gasteiger partial charge < -0.3 is 5.73 Å². The third-order valence-corrected chi connectivity index (χ3v) is 4.93. The maximum atomic E-state index is 12.1. The Kier molecular flexibility index (Phi) is 5.14. The van der Waals surface area contributed by atoms with E-state index in [1.807, 2.05) is 35.2 Å². The molecule has 21 heavy (non-hydrogen) atoms. The van der Waals surface area contributed by atoms with Crippen LogP contribution in [0.15, 0.2) is 35.7 Å². The van der Waals surface area contributed by atoms with Gasteiger partial charge in [0, 0.05) is 11.3 Å². The highest BCUT2D eigenvalue weighted by Crippen LogP contribution is 2.17.